The summed E-state index contributed by atoms with van der Waals surface area (Å²) >= 11 is 0. The lowest BCUT2D eigenvalue weighted by atomic mass is 10.1. The number of guanidine groups is 1. The zero-order valence-electron chi connectivity index (χ0n) is 12.2. The van der Waals surface area contributed by atoms with E-state index in [1.807, 2.05) is 13.8 Å². The molecule has 0 spiro atoms. The minimum atomic E-state index is -4.35. The highest BCUT2D eigenvalue weighted by atomic mass is 19.4. The van der Waals surface area contributed by atoms with E-state index in [2.05, 4.69) is 27.5 Å². The van der Waals surface area contributed by atoms with E-state index < -0.39 is 11.7 Å². The van der Waals surface area contributed by atoms with Gasteiger partial charge in [0.25, 0.3) is 0 Å². The summed E-state index contributed by atoms with van der Waals surface area (Å²) in [5.41, 5.74) is -0.363. The highest BCUT2D eigenvalue weighted by Crippen LogP contribution is 2.29. The van der Waals surface area contributed by atoms with Crippen LogP contribution in [0.1, 0.15) is 25.0 Å². The molecule has 0 aromatic heterocycles. The molecule has 0 amide bonds. The predicted octanol–water partition coefficient (Wildman–Crippen LogP) is 2.63. The molecule has 1 rings (SSSR count). The zero-order valence-corrected chi connectivity index (χ0v) is 12.2. The average molecular weight is 297 g/mol. The molecule has 0 saturated heterocycles. The molecule has 0 aliphatic rings. The number of alkyl halides is 3. The number of nitrogens with one attached hydrogen (secondary N) is 2. The van der Waals surface area contributed by atoms with Gasteiger partial charge in [0.15, 0.2) is 5.96 Å². The summed E-state index contributed by atoms with van der Waals surface area (Å²) in [7, 11) is 1.64. The van der Waals surface area contributed by atoms with Gasteiger partial charge in [-0.15, -0.1) is 0 Å². The number of aliphatic imine (C=N–C) groups is 1. The molecule has 0 saturated carbocycles. The third kappa shape index (κ3) is 6.21. The van der Waals surface area contributed by atoms with E-state index in [9.17, 15) is 13.2 Å². The second-order valence-corrected chi connectivity index (χ2v) is 4.61. The Morgan fingerprint density at radius 1 is 1.33 bits per heavy atom. The van der Waals surface area contributed by atoms with Crippen LogP contribution < -0.4 is 10.6 Å². The van der Waals surface area contributed by atoms with Crippen molar-refractivity contribution in [3.63, 3.8) is 0 Å². The lowest BCUT2D eigenvalue weighted by Crippen LogP contribution is -2.41. The summed E-state index contributed by atoms with van der Waals surface area (Å²) in [6.07, 6.45) is -4.35. The minimum absolute atomic E-state index is 0.229. The van der Waals surface area contributed by atoms with Gasteiger partial charge < -0.3 is 10.6 Å². The Hall–Kier alpha value is -2.16. The molecule has 21 heavy (non-hydrogen) atoms. The van der Waals surface area contributed by atoms with Crippen LogP contribution >= 0.6 is 0 Å². The fraction of sp³-hybridized carbons (Fsp3) is 0.400. The van der Waals surface area contributed by atoms with Crippen molar-refractivity contribution in [1.29, 1.82) is 0 Å². The molecular formula is C15H18F3N3. The zero-order chi connectivity index (χ0) is 15.9. The summed E-state index contributed by atoms with van der Waals surface area (Å²) in [5, 5.41) is 6.04. The number of benzene rings is 1. The lowest BCUT2D eigenvalue weighted by molar-refractivity contribution is -0.137. The maximum absolute atomic E-state index is 12.5. The van der Waals surface area contributed by atoms with Crippen molar-refractivity contribution < 1.29 is 13.2 Å². The van der Waals surface area contributed by atoms with Crippen molar-refractivity contribution >= 4 is 5.96 Å². The van der Waals surface area contributed by atoms with Crippen LogP contribution in [-0.4, -0.2) is 25.6 Å². The van der Waals surface area contributed by atoms with Gasteiger partial charge in [0, 0.05) is 18.7 Å². The van der Waals surface area contributed by atoms with Crippen LogP contribution in [0, 0.1) is 11.8 Å². The largest absolute Gasteiger partial charge is 0.416 e. The summed E-state index contributed by atoms with van der Waals surface area (Å²) in [6.45, 7) is 4.24. The highest BCUT2D eigenvalue weighted by Gasteiger charge is 2.30. The monoisotopic (exact) mass is 297 g/mol. The first kappa shape index (κ1) is 16.9. The molecule has 3 nitrogen and oxygen atoms in total. The molecule has 0 bridgehead atoms. The minimum Gasteiger partial charge on any atom is -0.354 e. The van der Waals surface area contributed by atoms with Crippen molar-refractivity contribution in [3.05, 3.63) is 35.4 Å². The first-order chi connectivity index (χ1) is 9.82. The number of hydrogen-bond acceptors (Lipinski definition) is 1. The molecule has 0 unspecified atom stereocenters. The number of halogens is 3. The van der Waals surface area contributed by atoms with E-state index in [1.54, 1.807) is 13.1 Å². The number of rotatable bonds is 2. The van der Waals surface area contributed by atoms with E-state index in [1.165, 1.54) is 6.07 Å². The molecule has 0 fully saturated rings. The predicted molar refractivity (Wildman–Crippen MR) is 78.0 cm³/mol. The van der Waals surface area contributed by atoms with Gasteiger partial charge in [0.2, 0.25) is 0 Å². The van der Waals surface area contributed by atoms with E-state index in [-0.39, 0.29) is 6.04 Å². The number of nitrogens with zero attached hydrogens (tertiary/aromatic N) is 1. The molecule has 1 aromatic rings. The number of hydrogen-bond donors (Lipinski definition) is 2. The van der Waals surface area contributed by atoms with E-state index >= 15 is 0 Å². The molecule has 0 aliphatic heterocycles. The molecule has 0 atom stereocenters. The summed E-state index contributed by atoms with van der Waals surface area (Å²) in [5.74, 6) is 6.06. The maximum atomic E-state index is 12.5. The van der Waals surface area contributed by atoms with Crippen LogP contribution in [0.15, 0.2) is 29.3 Å². The van der Waals surface area contributed by atoms with Crippen molar-refractivity contribution in [3.8, 4) is 11.8 Å². The first-order valence-electron chi connectivity index (χ1n) is 6.46. The maximum Gasteiger partial charge on any atom is 0.416 e. The molecule has 0 radical (unpaired) electrons. The Balaban J connectivity index is 2.63. The summed E-state index contributed by atoms with van der Waals surface area (Å²) in [4.78, 5) is 4.00. The second-order valence-electron chi connectivity index (χ2n) is 4.61. The SMILES string of the molecule is CN=C(NCC#Cc1cccc(C(F)(F)F)c1)NC(C)C. The highest BCUT2D eigenvalue weighted by molar-refractivity contribution is 5.80. The Morgan fingerprint density at radius 2 is 2.05 bits per heavy atom. The molecular weight excluding hydrogens is 279 g/mol. The van der Waals surface area contributed by atoms with Crippen molar-refractivity contribution in [2.45, 2.75) is 26.1 Å². The molecule has 114 valence electrons. The van der Waals surface area contributed by atoms with Gasteiger partial charge in [-0.2, -0.15) is 13.2 Å². The van der Waals surface area contributed by atoms with Crippen LogP contribution in [0.2, 0.25) is 0 Å². The third-order valence-corrected chi connectivity index (χ3v) is 2.42. The Kier molecular flexibility index (Phi) is 6.10. The molecule has 6 heteroatoms. The Morgan fingerprint density at radius 3 is 2.62 bits per heavy atom. The first-order valence-corrected chi connectivity index (χ1v) is 6.46. The Labute approximate surface area is 122 Å². The van der Waals surface area contributed by atoms with Crippen LogP contribution in [0.5, 0.6) is 0 Å². The lowest BCUT2D eigenvalue weighted by Gasteiger charge is -2.12. The topological polar surface area (TPSA) is 36.4 Å². The van der Waals surface area contributed by atoms with Crippen LogP contribution in [0.25, 0.3) is 0 Å². The summed E-state index contributed by atoms with van der Waals surface area (Å²) in [6, 6.07) is 5.18. The smallest absolute Gasteiger partial charge is 0.354 e. The molecule has 1 aromatic carbocycles. The van der Waals surface area contributed by atoms with Crippen LogP contribution in [0.4, 0.5) is 13.2 Å². The van der Waals surface area contributed by atoms with Gasteiger partial charge in [-0.3, -0.25) is 4.99 Å². The van der Waals surface area contributed by atoms with Gasteiger partial charge in [-0.25, -0.2) is 0 Å². The quantitative estimate of drug-likeness (QED) is 0.500. The molecule has 0 aliphatic carbocycles. The summed E-state index contributed by atoms with van der Waals surface area (Å²) < 4.78 is 37.6. The van der Waals surface area contributed by atoms with Gasteiger partial charge in [0.1, 0.15) is 0 Å². The normalized spacial score (nSPS) is 11.9. The van der Waals surface area contributed by atoms with Gasteiger partial charge >= 0.3 is 6.18 Å². The van der Waals surface area contributed by atoms with Crippen molar-refractivity contribution in [1.82, 2.24) is 10.6 Å². The third-order valence-electron chi connectivity index (χ3n) is 2.42. The van der Waals surface area contributed by atoms with Crippen molar-refractivity contribution in [2.75, 3.05) is 13.6 Å². The van der Waals surface area contributed by atoms with Gasteiger partial charge in [-0.05, 0) is 32.0 Å². The second kappa shape index (κ2) is 7.58. The Bertz CT molecular complexity index is 551. The fourth-order valence-electron chi connectivity index (χ4n) is 1.52. The van der Waals surface area contributed by atoms with E-state index in [4.69, 9.17) is 0 Å². The van der Waals surface area contributed by atoms with Gasteiger partial charge in [-0.1, -0.05) is 17.9 Å². The van der Waals surface area contributed by atoms with E-state index in [0.717, 1.165) is 12.1 Å². The molecule has 2 N–H and O–H groups in total. The van der Waals surface area contributed by atoms with Crippen LogP contribution in [-0.2, 0) is 6.18 Å². The van der Waals surface area contributed by atoms with Crippen molar-refractivity contribution in [2.24, 2.45) is 4.99 Å². The average Bonchev–Trinajstić information content (AvgIpc) is 2.41. The standard InChI is InChI=1S/C15H18F3N3/c1-11(2)21-14(19-3)20-9-5-7-12-6-4-8-13(10-12)15(16,17)18/h4,6,8,10-11H,9H2,1-3H3,(H2,19,20,21). The van der Waals surface area contributed by atoms with Gasteiger partial charge in [0.05, 0.1) is 12.1 Å². The fourth-order valence-corrected chi connectivity index (χ4v) is 1.52. The van der Waals surface area contributed by atoms with E-state index in [0.29, 0.717) is 18.1 Å². The van der Waals surface area contributed by atoms with Crippen LogP contribution in [0.3, 0.4) is 0 Å². The molecule has 0 heterocycles.